The number of aryl methyl sites for hydroxylation is 2. The molecule has 1 aromatic carbocycles. The van der Waals surface area contributed by atoms with Gasteiger partial charge in [-0.25, -0.2) is 4.98 Å². The van der Waals surface area contributed by atoms with Gasteiger partial charge in [0.25, 0.3) is 0 Å². The maximum absolute atomic E-state index is 12.5. The van der Waals surface area contributed by atoms with Crippen LogP contribution in [0.2, 0.25) is 0 Å². The molecule has 1 aliphatic heterocycles. The standard InChI is InChI=1S/C17H19N3O2S/c1-11-12(2)23-17(18-11)19-16(22)14-8-9-15(21)20(14)10-13-6-4-3-5-7-13/h3-7,14H,8-10H2,1-2H3,(H,18,19,22). The highest BCUT2D eigenvalue weighted by Gasteiger charge is 2.36. The zero-order valence-corrected chi connectivity index (χ0v) is 14.0. The summed E-state index contributed by atoms with van der Waals surface area (Å²) in [4.78, 5) is 31.8. The number of amides is 2. The van der Waals surface area contributed by atoms with Gasteiger partial charge in [0.05, 0.1) is 5.69 Å². The van der Waals surface area contributed by atoms with Gasteiger partial charge in [-0.2, -0.15) is 0 Å². The third-order valence-corrected chi connectivity index (χ3v) is 5.07. The number of hydrogen-bond donors (Lipinski definition) is 1. The minimum absolute atomic E-state index is 0.0282. The average molecular weight is 329 g/mol. The van der Waals surface area contributed by atoms with Crippen LogP contribution in [0.15, 0.2) is 30.3 Å². The fraction of sp³-hybridized carbons (Fsp3) is 0.353. The highest BCUT2D eigenvalue weighted by atomic mass is 32.1. The van der Waals surface area contributed by atoms with E-state index < -0.39 is 6.04 Å². The molecule has 23 heavy (non-hydrogen) atoms. The summed E-state index contributed by atoms with van der Waals surface area (Å²) < 4.78 is 0. The minimum Gasteiger partial charge on any atom is -0.326 e. The molecule has 1 aliphatic rings. The molecular formula is C17H19N3O2S. The summed E-state index contributed by atoms with van der Waals surface area (Å²) in [5.74, 6) is -0.124. The Kier molecular flexibility index (Phi) is 4.43. The molecule has 1 saturated heterocycles. The SMILES string of the molecule is Cc1nc(NC(=O)C2CCC(=O)N2Cc2ccccc2)sc1C. The predicted molar refractivity (Wildman–Crippen MR) is 90.2 cm³/mol. The number of aromatic nitrogens is 1. The van der Waals surface area contributed by atoms with Gasteiger partial charge >= 0.3 is 0 Å². The summed E-state index contributed by atoms with van der Waals surface area (Å²) in [5, 5.41) is 3.46. The highest BCUT2D eigenvalue weighted by molar-refractivity contribution is 7.15. The van der Waals surface area contributed by atoms with Crippen molar-refractivity contribution >= 4 is 28.3 Å². The van der Waals surface area contributed by atoms with Crippen LogP contribution >= 0.6 is 11.3 Å². The van der Waals surface area contributed by atoms with E-state index in [1.807, 2.05) is 44.2 Å². The van der Waals surface area contributed by atoms with Gasteiger partial charge in [-0.05, 0) is 25.8 Å². The Bertz CT molecular complexity index is 707. The number of benzene rings is 1. The molecule has 0 bridgehead atoms. The second-order valence-corrected chi connectivity index (χ2v) is 6.91. The normalized spacial score (nSPS) is 17.6. The van der Waals surface area contributed by atoms with Crippen LogP contribution in [0.4, 0.5) is 5.13 Å². The summed E-state index contributed by atoms with van der Waals surface area (Å²) in [6, 6.07) is 9.32. The van der Waals surface area contributed by atoms with Gasteiger partial charge in [-0.3, -0.25) is 9.59 Å². The number of carbonyl (C=O) groups is 2. The number of rotatable bonds is 4. The van der Waals surface area contributed by atoms with Gasteiger partial charge in [-0.15, -0.1) is 11.3 Å². The van der Waals surface area contributed by atoms with Crippen molar-refractivity contribution in [2.75, 3.05) is 5.32 Å². The molecule has 1 fully saturated rings. The van der Waals surface area contributed by atoms with Crippen molar-refractivity contribution in [2.45, 2.75) is 39.3 Å². The van der Waals surface area contributed by atoms with Crippen LogP contribution in [0.3, 0.4) is 0 Å². The van der Waals surface area contributed by atoms with E-state index in [-0.39, 0.29) is 11.8 Å². The molecular weight excluding hydrogens is 310 g/mol. The molecule has 120 valence electrons. The van der Waals surface area contributed by atoms with Crippen LogP contribution in [-0.2, 0) is 16.1 Å². The first-order valence-electron chi connectivity index (χ1n) is 7.63. The summed E-state index contributed by atoms with van der Waals surface area (Å²) in [6.45, 7) is 4.36. The van der Waals surface area contributed by atoms with Crippen molar-refractivity contribution in [3.05, 3.63) is 46.5 Å². The molecule has 1 atom stereocenters. The summed E-state index contributed by atoms with van der Waals surface area (Å²) in [7, 11) is 0. The Morgan fingerprint density at radius 3 is 2.74 bits per heavy atom. The van der Waals surface area contributed by atoms with Crippen LogP contribution in [0.5, 0.6) is 0 Å². The van der Waals surface area contributed by atoms with Crippen LogP contribution < -0.4 is 5.32 Å². The third-order valence-electron chi connectivity index (χ3n) is 4.09. The van der Waals surface area contributed by atoms with E-state index in [1.165, 1.54) is 11.3 Å². The molecule has 3 rings (SSSR count). The molecule has 1 N–H and O–H groups in total. The minimum atomic E-state index is -0.424. The number of likely N-dealkylation sites (tertiary alicyclic amines) is 1. The maximum Gasteiger partial charge on any atom is 0.248 e. The lowest BCUT2D eigenvalue weighted by Crippen LogP contribution is -2.41. The van der Waals surface area contributed by atoms with Gasteiger partial charge < -0.3 is 10.2 Å². The van der Waals surface area contributed by atoms with Crippen molar-refractivity contribution in [1.29, 1.82) is 0 Å². The average Bonchev–Trinajstić information content (AvgIpc) is 3.04. The lowest BCUT2D eigenvalue weighted by atomic mass is 10.1. The van der Waals surface area contributed by atoms with Gasteiger partial charge in [0.1, 0.15) is 6.04 Å². The Labute approximate surface area is 139 Å². The molecule has 1 unspecified atom stereocenters. The molecule has 6 heteroatoms. The summed E-state index contributed by atoms with van der Waals surface area (Å²) >= 11 is 1.46. The fourth-order valence-corrected chi connectivity index (χ4v) is 3.52. The van der Waals surface area contributed by atoms with Gasteiger partial charge in [0.2, 0.25) is 11.8 Å². The first-order chi connectivity index (χ1) is 11.0. The Morgan fingerprint density at radius 1 is 1.35 bits per heavy atom. The number of hydrogen-bond acceptors (Lipinski definition) is 4. The van der Waals surface area contributed by atoms with E-state index in [4.69, 9.17) is 0 Å². The molecule has 2 heterocycles. The summed E-state index contributed by atoms with van der Waals surface area (Å²) in [6.07, 6.45) is 0.974. The Balaban J connectivity index is 1.72. The molecule has 0 saturated carbocycles. The Hall–Kier alpha value is -2.21. The fourth-order valence-electron chi connectivity index (χ4n) is 2.70. The monoisotopic (exact) mass is 329 g/mol. The first-order valence-corrected chi connectivity index (χ1v) is 8.44. The third kappa shape index (κ3) is 3.42. The highest BCUT2D eigenvalue weighted by Crippen LogP contribution is 2.25. The van der Waals surface area contributed by atoms with E-state index >= 15 is 0 Å². The van der Waals surface area contributed by atoms with Crippen molar-refractivity contribution < 1.29 is 9.59 Å². The molecule has 0 radical (unpaired) electrons. The molecule has 2 amide bonds. The van der Waals surface area contributed by atoms with Gasteiger partial charge in [0, 0.05) is 17.8 Å². The zero-order valence-electron chi connectivity index (χ0n) is 13.2. The van der Waals surface area contributed by atoms with E-state index in [9.17, 15) is 9.59 Å². The predicted octanol–water partition coefficient (Wildman–Crippen LogP) is 2.89. The second-order valence-electron chi connectivity index (χ2n) is 5.71. The van der Waals surface area contributed by atoms with Crippen LogP contribution in [0.1, 0.15) is 29.0 Å². The van der Waals surface area contributed by atoms with Crippen molar-refractivity contribution in [3.8, 4) is 0 Å². The number of nitrogens with zero attached hydrogens (tertiary/aromatic N) is 2. The van der Waals surface area contributed by atoms with E-state index in [2.05, 4.69) is 10.3 Å². The number of anilines is 1. The lowest BCUT2D eigenvalue weighted by Gasteiger charge is -2.23. The molecule has 1 aromatic heterocycles. The van der Waals surface area contributed by atoms with Crippen LogP contribution in [0.25, 0.3) is 0 Å². The molecule has 2 aromatic rings. The van der Waals surface area contributed by atoms with Gasteiger partial charge in [-0.1, -0.05) is 30.3 Å². The van der Waals surface area contributed by atoms with Crippen molar-refractivity contribution in [1.82, 2.24) is 9.88 Å². The smallest absolute Gasteiger partial charge is 0.248 e. The van der Waals surface area contributed by atoms with Crippen LogP contribution in [0, 0.1) is 13.8 Å². The topological polar surface area (TPSA) is 62.3 Å². The number of carbonyl (C=O) groups excluding carboxylic acids is 2. The van der Waals surface area contributed by atoms with E-state index in [1.54, 1.807) is 4.90 Å². The zero-order chi connectivity index (χ0) is 16.4. The maximum atomic E-state index is 12.5. The van der Waals surface area contributed by atoms with Crippen LogP contribution in [-0.4, -0.2) is 27.7 Å². The number of thiazole rings is 1. The largest absolute Gasteiger partial charge is 0.326 e. The molecule has 5 nitrogen and oxygen atoms in total. The first kappa shape index (κ1) is 15.7. The van der Waals surface area contributed by atoms with Crippen molar-refractivity contribution in [2.24, 2.45) is 0 Å². The number of nitrogens with one attached hydrogen (secondary N) is 1. The van der Waals surface area contributed by atoms with E-state index in [0.717, 1.165) is 16.1 Å². The van der Waals surface area contributed by atoms with Crippen molar-refractivity contribution in [3.63, 3.8) is 0 Å². The van der Waals surface area contributed by atoms with Gasteiger partial charge in [0.15, 0.2) is 5.13 Å². The lowest BCUT2D eigenvalue weighted by molar-refractivity contribution is -0.133. The molecule has 0 aliphatic carbocycles. The second kappa shape index (κ2) is 6.50. The molecule has 0 spiro atoms. The summed E-state index contributed by atoms with van der Waals surface area (Å²) in [5.41, 5.74) is 1.95. The quantitative estimate of drug-likeness (QED) is 0.938. The Morgan fingerprint density at radius 2 is 2.09 bits per heavy atom. The van der Waals surface area contributed by atoms with E-state index in [0.29, 0.717) is 24.5 Å².